The average Bonchev–Trinajstić information content (AvgIpc) is 3.39. The van der Waals surface area contributed by atoms with E-state index in [4.69, 9.17) is 10.7 Å². The first-order chi connectivity index (χ1) is 19.8. The zero-order chi connectivity index (χ0) is 28.6. The van der Waals surface area contributed by atoms with Gasteiger partial charge in [0.1, 0.15) is 5.69 Å². The molecule has 0 saturated carbocycles. The molecule has 6 rings (SSSR count). The summed E-state index contributed by atoms with van der Waals surface area (Å²) in [5.74, 6) is 0.234. The number of hydrogen-bond donors (Lipinski definition) is 2. The summed E-state index contributed by atoms with van der Waals surface area (Å²) in [6, 6.07) is 18.9. The number of amides is 1. The van der Waals surface area contributed by atoms with Crippen LogP contribution in [0, 0.1) is 0 Å². The molecule has 1 unspecified atom stereocenters. The van der Waals surface area contributed by atoms with E-state index in [-0.39, 0.29) is 16.8 Å². The average molecular weight is 633 g/mol. The summed E-state index contributed by atoms with van der Waals surface area (Å²) in [6.45, 7) is 1.10. The van der Waals surface area contributed by atoms with E-state index in [1.165, 1.54) is 10.2 Å². The summed E-state index contributed by atoms with van der Waals surface area (Å²) in [6.07, 6.45) is 6.37. The number of likely N-dealkylation sites (tertiary alicyclic amines) is 1. The topological polar surface area (TPSA) is 136 Å². The Labute approximate surface area is 245 Å². The minimum absolute atomic E-state index is 0.0738. The monoisotopic (exact) mass is 631 g/mol. The maximum atomic E-state index is 13.6. The highest BCUT2D eigenvalue weighted by molar-refractivity contribution is 9.10. The van der Waals surface area contributed by atoms with Crippen LogP contribution in [0.3, 0.4) is 0 Å². The van der Waals surface area contributed by atoms with Gasteiger partial charge >= 0.3 is 0 Å². The van der Waals surface area contributed by atoms with Crippen molar-refractivity contribution in [1.82, 2.24) is 23.8 Å². The zero-order valence-electron chi connectivity index (χ0n) is 21.8. The fraction of sp³-hybridized carbons (Fsp3) is 0.172. The van der Waals surface area contributed by atoms with E-state index in [0.29, 0.717) is 51.7 Å². The number of halogens is 1. The Bertz CT molecular complexity index is 1840. The number of benzene rings is 2. The van der Waals surface area contributed by atoms with Crippen molar-refractivity contribution in [1.29, 1.82) is 0 Å². The van der Waals surface area contributed by atoms with Crippen LogP contribution in [0.5, 0.6) is 0 Å². The molecule has 3 aromatic heterocycles. The molecule has 1 saturated heterocycles. The Kier molecular flexibility index (Phi) is 7.18. The van der Waals surface area contributed by atoms with Crippen molar-refractivity contribution in [2.45, 2.75) is 23.8 Å². The lowest BCUT2D eigenvalue weighted by atomic mass is 10.1. The lowest BCUT2D eigenvalue weighted by Gasteiger charge is -2.33. The molecule has 1 atom stereocenters. The maximum Gasteiger partial charge on any atom is 0.272 e. The molecule has 1 aliphatic rings. The highest BCUT2D eigenvalue weighted by Crippen LogP contribution is 2.36. The van der Waals surface area contributed by atoms with Gasteiger partial charge in [-0.15, -0.1) is 0 Å². The van der Waals surface area contributed by atoms with Gasteiger partial charge in [0.05, 0.1) is 32.5 Å². The lowest BCUT2D eigenvalue weighted by Crippen LogP contribution is -2.45. The van der Waals surface area contributed by atoms with Crippen LogP contribution >= 0.6 is 15.9 Å². The number of para-hydroxylation sites is 1. The number of nitrogens with one attached hydrogen (secondary N) is 1. The van der Waals surface area contributed by atoms with E-state index >= 15 is 0 Å². The van der Waals surface area contributed by atoms with Crippen molar-refractivity contribution in [3.05, 3.63) is 95.5 Å². The Morgan fingerprint density at radius 1 is 1.00 bits per heavy atom. The third kappa shape index (κ3) is 5.27. The second-order valence-electron chi connectivity index (χ2n) is 9.78. The summed E-state index contributed by atoms with van der Waals surface area (Å²) in [4.78, 5) is 28.4. The van der Waals surface area contributed by atoms with Gasteiger partial charge < -0.3 is 16.0 Å². The van der Waals surface area contributed by atoms with E-state index in [1.54, 1.807) is 71.9 Å². The first-order valence-electron chi connectivity index (χ1n) is 13.0. The van der Waals surface area contributed by atoms with Gasteiger partial charge in [0.15, 0.2) is 0 Å². The summed E-state index contributed by atoms with van der Waals surface area (Å²) < 4.78 is 29.1. The smallest absolute Gasteiger partial charge is 0.272 e. The quantitative estimate of drug-likeness (QED) is 0.273. The number of nitrogen functional groups attached to an aromatic ring is 1. The van der Waals surface area contributed by atoms with Crippen molar-refractivity contribution >= 4 is 54.4 Å². The molecule has 1 aliphatic heterocycles. The third-order valence-corrected chi connectivity index (χ3v) is 9.29. The van der Waals surface area contributed by atoms with Gasteiger partial charge in [-0.05, 0) is 59.1 Å². The van der Waals surface area contributed by atoms with Crippen LogP contribution in [-0.4, -0.2) is 57.3 Å². The first-order valence-corrected chi connectivity index (χ1v) is 15.3. The van der Waals surface area contributed by atoms with Gasteiger partial charge in [0.2, 0.25) is 5.95 Å². The van der Waals surface area contributed by atoms with Crippen molar-refractivity contribution in [2.24, 2.45) is 0 Å². The molecule has 10 nitrogen and oxygen atoms in total. The number of nitrogens with zero attached hydrogens (tertiary/aromatic N) is 5. The molecule has 0 spiro atoms. The molecule has 1 fully saturated rings. The Morgan fingerprint density at radius 3 is 2.56 bits per heavy atom. The summed E-state index contributed by atoms with van der Waals surface area (Å²) in [5.41, 5.74) is 8.31. The number of hydrogen-bond acceptors (Lipinski definition) is 8. The highest BCUT2D eigenvalue weighted by Gasteiger charge is 2.27. The molecular formula is C29H26BrN7O3S. The Morgan fingerprint density at radius 2 is 1.78 bits per heavy atom. The number of nitrogens with two attached hydrogens (primary N) is 1. The van der Waals surface area contributed by atoms with Gasteiger partial charge in [-0.25, -0.2) is 27.3 Å². The van der Waals surface area contributed by atoms with Crippen LogP contribution in [0.2, 0.25) is 0 Å². The standard InChI is InChI=1S/C29H26BrN7O3S/c30-24-16-33-29(34-20-7-6-14-36(17-20)28(38)25-13-12-19(31)15-32-25)35-27(24)23-18-37(26-11-5-4-10-22(23)26)41(39,40)21-8-2-1-3-9-21/h1-5,8-13,15-16,18,20H,6-7,14,17,31H2,(H,33,34,35). The molecule has 5 aromatic rings. The molecule has 208 valence electrons. The molecule has 1 amide bonds. The fourth-order valence-electron chi connectivity index (χ4n) is 5.02. The molecule has 0 radical (unpaired) electrons. The summed E-state index contributed by atoms with van der Waals surface area (Å²) in [5, 5.41) is 4.11. The zero-order valence-corrected chi connectivity index (χ0v) is 24.2. The maximum absolute atomic E-state index is 13.6. The number of pyridine rings is 1. The van der Waals surface area contributed by atoms with Crippen molar-refractivity contribution in [3.63, 3.8) is 0 Å². The summed E-state index contributed by atoms with van der Waals surface area (Å²) in [7, 11) is -3.85. The molecule has 0 bridgehead atoms. The SMILES string of the molecule is Nc1ccc(C(=O)N2CCCC(Nc3ncc(Br)c(-c4cn(S(=O)(=O)c5ccccc5)c5ccccc45)n3)C2)nc1. The highest BCUT2D eigenvalue weighted by atomic mass is 79.9. The van der Waals surface area contributed by atoms with Crippen LogP contribution in [0.15, 0.2) is 94.7 Å². The number of anilines is 2. The van der Waals surface area contributed by atoms with Crippen LogP contribution < -0.4 is 11.1 Å². The van der Waals surface area contributed by atoms with E-state index in [0.717, 1.165) is 18.2 Å². The number of carbonyl (C=O) groups excluding carboxylic acids is 1. The lowest BCUT2D eigenvalue weighted by molar-refractivity contribution is 0.0708. The normalized spacial score (nSPS) is 15.6. The summed E-state index contributed by atoms with van der Waals surface area (Å²) >= 11 is 3.56. The molecular weight excluding hydrogens is 606 g/mol. The molecule has 12 heteroatoms. The molecule has 41 heavy (non-hydrogen) atoms. The van der Waals surface area contributed by atoms with Crippen molar-refractivity contribution in [3.8, 4) is 11.3 Å². The van der Waals surface area contributed by atoms with Crippen molar-refractivity contribution in [2.75, 3.05) is 24.1 Å². The Hall–Kier alpha value is -4.29. The van der Waals surface area contributed by atoms with Gasteiger partial charge in [0.25, 0.3) is 15.9 Å². The Balaban J connectivity index is 1.30. The van der Waals surface area contributed by atoms with Gasteiger partial charge in [0, 0.05) is 42.5 Å². The first kappa shape index (κ1) is 26.9. The van der Waals surface area contributed by atoms with Crippen LogP contribution in [0.1, 0.15) is 23.3 Å². The van der Waals surface area contributed by atoms with Crippen molar-refractivity contribution < 1.29 is 13.2 Å². The minimum atomic E-state index is -3.85. The van der Waals surface area contributed by atoms with E-state index < -0.39 is 10.0 Å². The van der Waals surface area contributed by atoms with E-state index in [9.17, 15) is 13.2 Å². The predicted octanol–water partition coefficient (Wildman–Crippen LogP) is 4.79. The van der Waals surface area contributed by atoms with Gasteiger partial charge in [-0.1, -0.05) is 36.4 Å². The minimum Gasteiger partial charge on any atom is -0.397 e. The van der Waals surface area contributed by atoms with Crippen LogP contribution in [0.25, 0.3) is 22.2 Å². The number of piperidine rings is 1. The fourth-order valence-corrected chi connectivity index (χ4v) is 6.82. The van der Waals surface area contributed by atoms with Crippen LogP contribution in [-0.2, 0) is 10.0 Å². The predicted molar refractivity (Wildman–Crippen MR) is 161 cm³/mol. The van der Waals surface area contributed by atoms with Gasteiger partial charge in [-0.2, -0.15) is 0 Å². The van der Waals surface area contributed by atoms with E-state index in [1.807, 2.05) is 12.1 Å². The second kappa shape index (κ2) is 10.9. The molecule has 3 N–H and O–H groups in total. The molecule has 2 aromatic carbocycles. The van der Waals surface area contributed by atoms with E-state index in [2.05, 4.69) is 31.2 Å². The van der Waals surface area contributed by atoms with Gasteiger partial charge in [-0.3, -0.25) is 4.79 Å². The molecule has 0 aliphatic carbocycles. The molecule has 4 heterocycles. The largest absolute Gasteiger partial charge is 0.397 e. The number of aromatic nitrogens is 4. The second-order valence-corrected chi connectivity index (χ2v) is 12.4. The number of fused-ring (bicyclic) bond motifs is 1. The van der Waals surface area contributed by atoms with Crippen LogP contribution in [0.4, 0.5) is 11.6 Å². The third-order valence-electron chi connectivity index (χ3n) is 7.02. The number of rotatable bonds is 6. The number of carbonyl (C=O) groups is 1.